The van der Waals surface area contributed by atoms with Gasteiger partial charge in [0.1, 0.15) is 4.99 Å². The summed E-state index contributed by atoms with van der Waals surface area (Å²) in [5.41, 5.74) is 7.38. The first-order valence-electron chi connectivity index (χ1n) is 6.30. The molecular formula is C15H14ClFN2OS. The maximum absolute atomic E-state index is 13.8. The Kier molecular flexibility index (Phi) is 4.98. The van der Waals surface area contributed by atoms with Crippen molar-refractivity contribution in [1.29, 1.82) is 0 Å². The summed E-state index contributed by atoms with van der Waals surface area (Å²) in [7, 11) is 0. The third-order valence-electron chi connectivity index (χ3n) is 2.77. The van der Waals surface area contributed by atoms with Crippen LogP contribution in [0.25, 0.3) is 0 Å². The van der Waals surface area contributed by atoms with Gasteiger partial charge in [-0.15, -0.1) is 0 Å². The fraction of sp³-hybridized carbons (Fsp3) is 0.133. The first kappa shape index (κ1) is 15.5. The van der Waals surface area contributed by atoms with Crippen molar-refractivity contribution in [2.24, 2.45) is 5.73 Å². The Labute approximate surface area is 132 Å². The zero-order valence-corrected chi connectivity index (χ0v) is 12.9. The fourth-order valence-electron chi connectivity index (χ4n) is 1.89. The first-order valence-corrected chi connectivity index (χ1v) is 7.09. The van der Waals surface area contributed by atoms with Crippen LogP contribution in [0.5, 0.6) is 5.75 Å². The van der Waals surface area contributed by atoms with Gasteiger partial charge in [0.15, 0.2) is 11.6 Å². The van der Waals surface area contributed by atoms with Gasteiger partial charge in [-0.25, -0.2) is 4.39 Å². The molecule has 0 aliphatic heterocycles. The number of nitrogens with two attached hydrogens (primary N) is 1. The molecule has 0 unspecified atom stereocenters. The molecule has 2 rings (SSSR count). The van der Waals surface area contributed by atoms with Crippen LogP contribution in [0.2, 0.25) is 5.02 Å². The number of rotatable bonds is 5. The highest BCUT2D eigenvalue weighted by Gasteiger charge is 2.11. The predicted molar refractivity (Wildman–Crippen MR) is 88.2 cm³/mol. The number of hydrogen-bond acceptors (Lipinski definition) is 3. The summed E-state index contributed by atoms with van der Waals surface area (Å²) in [4.78, 5) is 0.175. The van der Waals surface area contributed by atoms with Crippen molar-refractivity contribution in [3.8, 4) is 5.75 Å². The van der Waals surface area contributed by atoms with Crippen molar-refractivity contribution in [2.75, 3.05) is 11.9 Å². The van der Waals surface area contributed by atoms with Gasteiger partial charge in [0, 0.05) is 11.8 Å². The van der Waals surface area contributed by atoms with Gasteiger partial charge in [0.2, 0.25) is 0 Å². The Balaban J connectivity index is 2.33. The SMILES string of the molecule is CCOc1ccc(Nc2cccc(Cl)c2C(N)=S)cc1F. The molecule has 2 aromatic carbocycles. The van der Waals surface area contributed by atoms with E-state index in [4.69, 9.17) is 34.3 Å². The minimum atomic E-state index is -0.444. The van der Waals surface area contributed by atoms with Crippen molar-refractivity contribution >= 4 is 40.2 Å². The molecule has 21 heavy (non-hydrogen) atoms. The first-order chi connectivity index (χ1) is 10.0. The molecule has 110 valence electrons. The zero-order chi connectivity index (χ0) is 15.4. The van der Waals surface area contributed by atoms with E-state index in [1.165, 1.54) is 6.07 Å². The molecule has 0 aliphatic carbocycles. The molecule has 0 heterocycles. The van der Waals surface area contributed by atoms with E-state index in [0.717, 1.165) is 0 Å². The van der Waals surface area contributed by atoms with Crippen LogP contribution in [0.4, 0.5) is 15.8 Å². The molecule has 0 bridgehead atoms. The molecule has 0 aromatic heterocycles. The van der Waals surface area contributed by atoms with Gasteiger partial charge in [-0.1, -0.05) is 29.9 Å². The second kappa shape index (κ2) is 6.74. The minimum Gasteiger partial charge on any atom is -0.491 e. The molecule has 0 fully saturated rings. The average molecular weight is 325 g/mol. The maximum atomic E-state index is 13.8. The summed E-state index contributed by atoms with van der Waals surface area (Å²) in [5, 5.41) is 3.50. The minimum absolute atomic E-state index is 0.175. The van der Waals surface area contributed by atoms with Crippen LogP contribution in [0.1, 0.15) is 12.5 Å². The topological polar surface area (TPSA) is 47.3 Å². The van der Waals surface area contributed by atoms with Crippen molar-refractivity contribution in [3.05, 3.63) is 52.8 Å². The van der Waals surface area contributed by atoms with E-state index in [0.29, 0.717) is 28.6 Å². The van der Waals surface area contributed by atoms with Gasteiger partial charge in [0.05, 0.1) is 22.9 Å². The lowest BCUT2D eigenvalue weighted by Crippen LogP contribution is -2.12. The largest absolute Gasteiger partial charge is 0.491 e. The van der Waals surface area contributed by atoms with Crippen molar-refractivity contribution in [3.63, 3.8) is 0 Å². The van der Waals surface area contributed by atoms with Crippen LogP contribution in [0, 0.1) is 5.82 Å². The molecule has 0 amide bonds. The number of thiocarbonyl (C=S) groups is 1. The Morgan fingerprint density at radius 3 is 2.76 bits per heavy atom. The van der Waals surface area contributed by atoms with Gasteiger partial charge in [-0.3, -0.25) is 0 Å². The van der Waals surface area contributed by atoms with E-state index in [9.17, 15) is 4.39 Å². The molecule has 0 atom stereocenters. The summed E-state index contributed by atoms with van der Waals surface area (Å²) < 4.78 is 19.0. The molecule has 0 saturated carbocycles. The molecule has 2 aromatic rings. The Hall–Kier alpha value is -1.85. The highest BCUT2D eigenvalue weighted by atomic mass is 35.5. The lowest BCUT2D eigenvalue weighted by Gasteiger charge is -2.13. The number of hydrogen-bond donors (Lipinski definition) is 2. The van der Waals surface area contributed by atoms with Crippen LogP contribution in [-0.2, 0) is 0 Å². The lowest BCUT2D eigenvalue weighted by molar-refractivity contribution is 0.321. The predicted octanol–water partition coefficient (Wildman–Crippen LogP) is 4.26. The van der Waals surface area contributed by atoms with Gasteiger partial charge in [-0.2, -0.15) is 0 Å². The van der Waals surface area contributed by atoms with E-state index in [-0.39, 0.29) is 10.7 Å². The van der Waals surface area contributed by atoms with E-state index < -0.39 is 5.82 Å². The zero-order valence-electron chi connectivity index (χ0n) is 11.3. The Morgan fingerprint density at radius 2 is 2.14 bits per heavy atom. The second-order valence-corrected chi connectivity index (χ2v) is 5.08. The van der Waals surface area contributed by atoms with Crippen LogP contribution < -0.4 is 15.8 Å². The molecule has 6 heteroatoms. The molecule has 3 N–H and O–H groups in total. The number of nitrogens with one attached hydrogen (secondary N) is 1. The van der Waals surface area contributed by atoms with Crippen molar-refractivity contribution < 1.29 is 9.13 Å². The Morgan fingerprint density at radius 1 is 1.38 bits per heavy atom. The number of ether oxygens (including phenoxy) is 1. The lowest BCUT2D eigenvalue weighted by atomic mass is 10.1. The quantitative estimate of drug-likeness (QED) is 0.807. The summed E-state index contributed by atoms with van der Waals surface area (Å²) in [6, 6.07) is 9.84. The van der Waals surface area contributed by atoms with E-state index >= 15 is 0 Å². The summed E-state index contributed by atoms with van der Waals surface area (Å²) in [5.74, 6) is -0.232. The van der Waals surface area contributed by atoms with E-state index in [1.807, 2.05) is 0 Å². The second-order valence-electron chi connectivity index (χ2n) is 4.23. The third kappa shape index (κ3) is 3.62. The Bertz CT molecular complexity index is 679. The molecule has 0 spiro atoms. The maximum Gasteiger partial charge on any atom is 0.167 e. The molecular weight excluding hydrogens is 311 g/mol. The smallest absolute Gasteiger partial charge is 0.167 e. The fourth-order valence-corrected chi connectivity index (χ4v) is 2.44. The average Bonchev–Trinajstić information content (AvgIpc) is 2.41. The summed E-state index contributed by atoms with van der Waals surface area (Å²) in [6.45, 7) is 2.20. The van der Waals surface area contributed by atoms with Crippen molar-refractivity contribution in [1.82, 2.24) is 0 Å². The van der Waals surface area contributed by atoms with Gasteiger partial charge < -0.3 is 15.8 Å². The molecule has 0 saturated heterocycles. The van der Waals surface area contributed by atoms with Crippen LogP contribution in [-0.4, -0.2) is 11.6 Å². The normalized spacial score (nSPS) is 10.2. The number of benzene rings is 2. The standard InChI is InChI=1S/C15H14ClFN2OS/c1-2-20-13-7-6-9(8-11(13)17)19-12-5-3-4-10(16)14(12)15(18)21/h3-8,19H,2H2,1H3,(H2,18,21). The molecule has 0 aliphatic rings. The van der Waals surface area contributed by atoms with Crippen LogP contribution >= 0.6 is 23.8 Å². The highest BCUT2D eigenvalue weighted by Crippen LogP contribution is 2.29. The van der Waals surface area contributed by atoms with E-state index in [2.05, 4.69) is 5.32 Å². The number of halogens is 2. The van der Waals surface area contributed by atoms with Crippen LogP contribution in [0.15, 0.2) is 36.4 Å². The van der Waals surface area contributed by atoms with Gasteiger partial charge in [0.25, 0.3) is 0 Å². The van der Waals surface area contributed by atoms with E-state index in [1.54, 1.807) is 37.3 Å². The monoisotopic (exact) mass is 324 g/mol. The van der Waals surface area contributed by atoms with Gasteiger partial charge in [-0.05, 0) is 31.2 Å². The highest BCUT2D eigenvalue weighted by molar-refractivity contribution is 7.80. The number of anilines is 2. The van der Waals surface area contributed by atoms with Gasteiger partial charge >= 0.3 is 0 Å². The summed E-state index contributed by atoms with van der Waals surface area (Å²) in [6.07, 6.45) is 0. The van der Waals surface area contributed by atoms with Crippen molar-refractivity contribution in [2.45, 2.75) is 6.92 Å². The molecule has 0 radical (unpaired) electrons. The third-order valence-corrected chi connectivity index (χ3v) is 3.29. The molecule has 3 nitrogen and oxygen atoms in total. The summed E-state index contributed by atoms with van der Waals surface area (Å²) >= 11 is 11.1. The van der Waals surface area contributed by atoms with Crippen LogP contribution in [0.3, 0.4) is 0 Å².